The fourth-order valence-corrected chi connectivity index (χ4v) is 4.29. The second-order valence-corrected chi connectivity index (χ2v) is 9.65. The highest BCUT2D eigenvalue weighted by molar-refractivity contribution is 5.77. The summed E-state index contributed by atoms with van der Waals surface area (Å²) in [6.07, 6.45) is 3.93. The lowest BCUT2D eigenvalue weighted by atomic mass is 9.94. The normalized spacial score (nSPS) is 11.8. The maximum absolute atomic E-state index is 11.7. The van der Waals surface area contributed by atoms with Crippen LogP contribution in [0.15, 0.2) is 72.8 Å². The van der Waals surface area contributed by atoms with E-state index >= 15 is 0 Å². The monoisotopic (exact) mass is 502 g/mol. The summed E-state index contributed by atoms with van der Waals surface area (Å²) in [6, 6.07) is 24.0. The zero-order valence-electron chi connectivity index (χ0n) is 22.1. The summed E-state index contributed by atoms with van der Waals surface area (Å²) in [5.41, 5.74) is 5.30. The molecule has 0 saturated heterocycles. The number of carbonyl (C=O) groups is 2. The highest BCUT2D eigenvalue weighted by Gasteiger charge is 2.17. The number of rotatable bonds is 15. The van der Waals surface area contributed by atoms with E-state index in [0.29, 0.717) is 31.7 Å². The second-order valence-electron chi connectivity index (χ2n) is 9.65. The molecule has 0 fully saturated rings. The van der Waals surface area contributed by atoms with Crippen LogP contribution in [0.25, 0.3) is 11.1 Å². The number of carbonyl (C=O) groups excluding carboxylic acids is 1. The molecule has 37 heavy (non-hydrogen) atoms. The van der Waals surface area contributed by atoms with Crippen LogP contribution in [0.4, 0.5) is 5.69 Å². The van der Waals surface area contributed by atoms with Crippen molar-refractivity contribution in [3.05, 3.63) is 83.9 Å². The molecule has 0 aliphatic carbocycles. The molecule has 0 saturated carbocycles. The first-order valence-corrected chi connectivity index (χ1v) is 12.9. The van der Waals surface area contributed by atoms with Gasteiger partial charge in [-0.15, -0.1) is 0 Å². The highest BCUT2D eigenvalue weighted by Crippen LogP contribution is 2.24. The summed E-state index contributed by atoms with van der Waals surface area (Å²) in [5, 5.41) is 9.45. The highest BCUT2D eigenvalue weighted by atomic mass is 16.5. The second kappa shape index (κ2) is 14.2. The molecule has 1 atom stereocenters. The van der Waals surface area contributed by atoms with Gasteiger partial charge in [0.15, 0.2) is 0 Å². The summed E-state index contributed by atoms with van der Waals surface area (Å²) in [6.45, 7) is 3.74. The standard InChI is InChI=1S/C31H38N2O4/c1-4-5-6-28(31(35)36)21-24-9-17-30(18-10-24)37-20-19-33(23-34)29-15-13-27(14-16-29)26-11-7-25(8-12-26)22-32(2)3/h7-18,23,28H,4-6,19-22H2,1-3H3,(H,35,36). The van der Waals surface area contributed by atoms with Crippen LogP contribution in [0.5, 0.6) is 5.75 Å². The molecule has 6 nitrogen and oxygen atoms in total. The summed E-state index contributed by atoms with van der Waals surface area (Å²) >= 11 is 0. The lowest BCUT2D eigenvalue weighted by Gasteiger charge is -2.18. The average Bonchev–Trinajstić information content (AvgIpc) is 2.90. The summed E-state index contributed by atoms with van der Waals surface area (Å²) < 4.78 is 5.84. The van der Waals surface area contributed by atoms with Crippen molar-refractivity contribution in [3.63, 3.8) is 0 Å². The van der Waals surface area contributed by atoms with Crippen LogP contribution >= 0.6 is 0 Å². The first-order valence-electron chi connectivity index (χ1n) is 12.9. The number of hydrogen-bond donors (Lipinski definition) is 1. The SMILES string of the molecule is CCCCC(Cc1ccc(OCCN(C=O)c2ccc(-c3ccc(CN(C)C)cc3)cc2)cc1)C(=O)O. The van der Waals surface area contributed by atoms with Gasteiger partial charge in [-0.25, -0.2) is 0 Å². The minimum absolute atomic E-state index is 0.349. The van der Waals surface area contributed by atoms with Crippen LogP contribution in [-0.2, 0) is 22.6 Å². The third-order valence-corrected chi connectivity index (χ3v) is 6.37. The summed E-state index contributed by atoms with van der Waals surface area (Å²) in [7, 11) is 4.11. The number of benzene rings is 3. The zero-order valence-corrected chi connectivity index (χ0v) is 22.1. The van der Waals surface area contributed by atoms with Crippen LogP contribution in [0.3, 0.4) is 0 Å². The number of unbranched alkanes of at least 4 members (excludes halogenated alkanes) is 1. The number of nitrogens with zero attached hydrogens (tertiary/aromatic N) is 2. The van der Waals surface area contributed by atoms with Crippen LogP contribution in [0.1, 0.15) is 37.3 Å². The van der Waals surface area contributed by atoms with Crippen molar-refractivity contribution in [1.82, 2.24) is 4.90 Å². The molecular formula is C31H38N2O4. The molecule has 0 spiro atoms. The van der Waals surface area contributed by atoms with Crippen molar-refractivity contribution in [2.24, 2.45) is 5.92 Å². The Kier molecular flexibility index (Phi) is 10.7. The van der Waals surface area contributed by atoms with Crippen molar-refractivity contribution in [2.45, 2.75) is 39.2 Å². The lowest BCUT2D eigenvalue weighted by Crippen LogP contribution is -2.26. The van der Waals surface area contributed by atoms with E-state index in [1.165, 1.54) is 5.56 Å². The Balaban J connectivity index is 1.51. The Hall–Kier alpha value is -3.64. The first kappa shape index (κ1) is 27.9. The summed E-state index contributed by atoms with van der Waals surface area (Å²) in [4.78, 5) is 27.0. The lowest BCUT2D eigenvalue weighted by molar-refractivity contribution is -0.142. The van der Waals surface area contributed by atoms with E-state index in [0.717, 1.165) is 48.2 Å². The van der Waals surface area contributed by atoms with Gasteiger partial charge in [-0.3, -0.25) is 9.59 Å². The van der Waals surface area contributed by atoms with Gasteiger partial charge in [0.25, 0.3) is 0 Å². The zero-order chi connectivity index (χ0) is 26.6. The molecule has 3 aromatic rings. The Morgan fingerprint density at radius 2 is 1.51 bits per heavy atom. The molecule has 0 bridgehead atoms. The molecule has 196 valence electrons. The van der Waals surface area contributed by atoms with Crippen molar-refractivity contribution in [3.8, 4) is 16.9 Å². The van der Waals surface area contributed by atoms with E-state index in [1.54, 1.807) is 4.90 Å². The largest absolute Gasteiger partial charge is 0.492 e. The van der Waals surface area contributed by atoms with Crippen molar-refractivity contribution >= 4 is 18.1 Å². The minimum Gasteiger partial charge on any atom is -0.492 e. The Labute approximate surface area is 220 Å². The number of hydrogen-bond acceptors (Lipinski definition) is 4. The van der Waals surface area contributed by atoms with Gasteiger partial charge >= 0.3 is 5.97 Å². The Bertz CT molecular complexity index is 1110. The summed E-state index contributed by atoms with van der Waals surface area (Å²) in [5.74, 6) is -0.404. The van der Waals surface area contributed by atoms with Crippen molar-refractivity contribution in [1.29, 1.82) is 0 Å². The molecule has 6 heteroatoms. The fraction of sp³-hybridized carbons (Fsp3) is 0.355. The molecule has 3 rings (SSSR count). The van der Waals surface area contributed by atoms with Crippen molar-refractivity contribution in [2.75, 3.05) is 32.1 Å². The molecule has 0 aliphatic heterocycles. The predicted octanol–water partition coefficient (Wildman–Crippen LogP) is 5.89. The van der Waals surface area contributed by atoms with Gasteiger partial charge in [0, 0.05) is 12.2 Å². The molecule has 1 unspecified atom stereocenters. The maximum Gasteiger partial charge on any atom is 0.306 e. The van der Waals surface area contributed by atoms with E-state index in [9.17, 15) is 14.7 Å². The number of aliphatic carboxylic acids is 1. The van der Waals surface area contributed by atoms with E-state index < -0.39 is 5.97 Å². The Morgan fingerprint density at radius 3 is 2.05 bits per heavy atom. The average molecular weight is 503 g/mol. The van der Waals surface area contributed by atoms with E-state index in [4.69, 9.17) is 4.74 Å². The molecule has 0 aliphatic rings. The van der Waals surface area contributed by atoms with Crippen LogP contribution in [-0.4, -0.2) is 49.6 Å². The molecular weight excluding hydrogens is 464 g/mol. The van der Waals surface area contributed by atoms with Gasteiger partial charge in [-0.05, 0) is 73.5 Å². The van der Waals surface area contributed by atoms with Crippen LogP contribution < -0.4 is 9.64 Å². The van der Waals surface area contributed by atoms with Crippen molar-refractivity contribution < 1.29 is 19.4 Å². The molecule has 1 N–H and O–H groups in total. The van der Waals surface area contributed by atoms with Gasteiger partial charge in [-0.1, -0.05) is 68.3 Å². The number of carboxylic acid groups (broad SMARTS) is 1. The fourth-order valence-electron chi connectivity index (χ4n) is 4.29. The van der Waals surface area contributed by atoms with Gasteiger partial charge < -0.3 is 19.6 Å². The molecule has 1 amide bonds. The maximum atomic E-state index is 11.7. The van der Waals surface area contributed by atoms with E-state index in [-0.39, 0.29) is 5.92 Å². The molecule has 0 heterocycles. The van der Waals surface area contributed by atoms with E-state index in [2.05, 4.69) is 50.2 Å². The smallest absolute Gasteiger partial charge is 0.306 e. The van der Waals surface area contributed by atoms with Gasteiger partial charge in [-0.2, -0.15) is 0 Å². The van der Waals surface area contributed by atoms with Gasteiger partial charge in [0.1, 0.15) is 12.4 Å². The molecule has 0 aromatic heterocycles. The third-order valence-electron chi connectivity index (χ3n) is 6.37. The predicted molar refractivity (Wildman–Crippen MR) is 149 cm³/mol. The third kappa shape index (κ3) is 8.76. The van der Waals surface area contributed by atoms with Gasteiger partial charge in [0.05, 0.1) is 12.5 Å². The quantitative estimate of drug-likeness (QED) is 0.262. The van der Waals surface area contributed by atoms with Crippen LogP contribution in [0, 0.1) is 5.92 Å². The minimum atomic E-state index is -0.742. The van der Waals surface area contributed by atoms with Gasteiger partial charge in [0.2, 0.25) is 6.41 Å². The number of carboxylic acids is 1. The van der Waals surface area contributed by atoms with E-state index in [1.807, 2.05) is 48.5 Å². The number of anilines is 1. The number of amides is 1. The Morgan fingerprint density at radius 1 is 0.919 bits per heavy atom. The first-order chi connectivity index (χ1) is 17.9. The molecule has 0 radical (unpaired) electrons. The van der Waals surface area contributed by atoms with Crippen LogP contribution in [0.2, 0.25) is 0 Å². The molecule has 3 aromatic carbocycles. The topological polar surface area (TPSA) is 70.1 Å². The number of ether oxygens (including phenoxy) is 1.